The van der Waals surface area contributed by atoms with Crippen molar-refractivity contribution in [1.29, 1.82) is 0 Å². The molecule has 94 valence electrons. The number of nitrogen functional groups attached to an aromatic ring is 1. The second kappa shape index (κ2) is 4.37. The number of imidazole rings is 1. The van der Waals surface area contributed by atoms with Crippen LogP contribution in [0, 0.1) is 0 Å². The van der Waals surface area contributed by atoms with E-state index in [1.54, 1.807) is 17.8 Å². The Balaban J connectivity index is 2.09. The van der Waals surface area contributed by atoms with Gasteiger partial charge in [0.1, 0.15) is 5.82 Å². The number of carbonyl (C=O) groups excluding carboxylic acids is 1. The van der Waals surface area contributed by atoms with Gasteiger partial charge in [0.2, 0.25) is 5.82 Å². The normalized spacial score (nSPS) is 20.2. The van der Waals surface area contributed by atoms with Gasteiger partial charge in [0.05, 0.1) is 0 Å². The van der Waals surface area contributed by atoms with E-state index in [0.29, 0.717) is 17.7 Å². The van der Waals surface area contributed by atoms with Gasteiger partial charge in [-0.25, -0.2) is 4.98 Å². The third-order valence-electron chi connectivity index (χ3n) is 3.27. The zero-order chi connectivity index (χ0) is 12.6. The summed E-state index contributed by atoms with van der Waals surface area (Å²) in [6.45, 7) is 1.55. The first-order valence-electron chi connectivity index (χ1n) is 5.73. The van der Waals surface area contributed by atoms with Crippen molar-refractivity contribution in [1.82, 2.24) is 19.4 Å². The lowest BCUT2D eigenvalue weighted by Gasteiger charge is -2.20. The first-order valence-corrected chi connectivity index (χ1v) is 5.73. The van der Waals surface area contributed by atoms with E-state index >= 15 is 0 Å². The molecule has 1 aromatic rings. The molecule has 0 radical (unpaired) electrons. The Labute approximate surface area is 101 Å². The fourth-order valence-corrected chi connectivity index (χ4v) is 2.18. The lowest BCUT2D eigenvalue weighted by atomic mass is 10.2. The molecule has 17 heavy (non-hydrogen) atoms. The molecule has 1 aromatic heterocycles. The Kier molecular flexibility index (Phi) is 3.06. The van der Waals surface area contributed by atoms with Crippen LogP contribution in [-0.2, 0) is 7.05 Å². The van der Waals surface area contributed by atoms with Gasteiger partial charge in [0.25, 0.3) is 5.91 Å². The minimum atomic E-state index is -0.0337. The molecule has 1 fully saturated rings. The molecule has 6 heteroatoms. The number of likely N-dealkylation sites (N-methyl/N-ethyl adjacent to an activating group) is 1. The summed E-state index contributed by atoms with van der Waals surface area (Å²) in [5.74, 6) is 0.773. The van der Waals surface area contributed by atoms with E-state index in [0.717, 1.165) is 19.5 Å². The average Bonchev–Trinajstić information content (AvgIpc) is 2.84. The van der Waals surface area contributed by atoms with E-state index in [2.05, 4.69) is 9.88 Å². The molecule has 6 nitrogen and oxygen atoms in total. The number of carbonyl (C=O) groups is 1. The third kappa shape index (κ3) is 2.26. The maximum Gasteiger partial charge on any atom is 0.289 e. The maximum atomic E-state index is 12.2. The average molecular weight is 237 g/mol. The number of anilines is 1. The van der Waals surface area contributed by atoms with Gasteiger partial charge >= 0.3 is 0 Å². The Hall–Kier alpha value is -1.56. The summed E-state index contributed by atoms with van der Waals surface area (Å²) in [5, 5.41) is 0. The first-order chi connectivity index (χ1) is 7.99. The highest BCUT2D eigenvalue weighted by Gasteiger charge is 2.29. The molecule has 2 heterocycles. The zero-order valence-corrected chi connectivity index (χ0v) is 10.6. The van der Waals surface area contributed by atoms with Gasteiger partial charge in [0.15, 0.2) is 0 Å². The molecular weight excluding hydrogens is 218 g/mol. The molecule has 2 N–H and O–H groups in total. The van der Waals surface area contributed by atoms with Crippen LogP contribution < -0.4 is 5.73 Å². The number of rotatable bonds is 2. The molecule has 2 rings (SSSR count). The zero-order valence-electron chi connectivity index (χ0n) is 10.6. The maximum absolute atomic E-state index is 12.2. The molecule has 1 aliphatic heterocycles. The van der Waals surface area contributed by atoms with Crippen molar-refractivity contribution >= 4 is 11.7 Å². The largest absolute Gasteiger partial charge is 0.382 e. The number of likely N-dealkylation sites (tertiary alicyclic amines) is 1. The first kappa shape index (κ1) is 11.9. The number of aromatic nitrogens is 2. The number of nitrogens with two attached hydrogens (primary N) is 1. The minimum Gasteiger partial charge on any atom is -0.382 e. The molecule has 1 saturated heterocycles. The van der Waals surface area contributed by atoms with Gasteiger partial charge in [-0.2, -0.15) is 0 Å². The van der Waals surface area contributed by atoms with Crippen LogP contribution in [0.1, 0.15) is 17.0 Å². The number of hydrogen-bond donors (Lipinski definition) is 1. The molecular formula is C11H19N5O. The van der Waals surface area contributed by atoms with Crippen LogP contribution in [0.2, 0.25) is 0 Å². The molecule has 0 aromatic carbocycles. The van der Waals surface area contributed by atoms with Crippen molar-refractivity contribution in [2.24, 2.45) is 7.05 Å². The molecule has 0 saturated carbocycles. The Morgan fingerprint density at radius 3 is 2.76 bits per heavy atom. The molecule has 0 aliphatic carbocycles. The minimum absolute atomic E-state index is 0.0337. The highest BCUT2D eigenvalue weighted by molar-refractivity contribution is 5.91. The molecule has 1 unspecified atom stereocenters. The summed E-state index contributed by atoms with van der Waals surface area (Å²) >= 11 is 0. The highest BCUT2D eigenvalue weighted by Crippen LogP contribution is 2.16. The third-order valence-corrected chi connectivity index (χ3v) is 3.27. The van der Waals surface area contributed by atoms with Crippen LogP contribution in [-0.4, -0.2) is 58.5 Å². The summed E-state index contributed by atoms with van der Waals surface area (Å²) in [6.07, 6.45) is 2.67. The number of aryl methyl sites for hydroxylation is 1. The van der Waals surface area contributed by atoms with Gasteiger partial charge in [-0.3, -0.25) is 4.79 Å². The van der Waals surface area contributed by atoms with E-state index in [9.17, 15) is 4.79 Å². The molecule has 1 aliphatic rings. The highest BCUT2D eigenvalue weighted by atomic mass is 16.2. The van der Waals surface area contributed by atoms with E-state index in [-0.39, 0.29) is 5.91 Å². The van der Waals surface area contributed by atoms with E-state index in [1.807, 2.05) is 19.0 Å². The van der Waals surface area contributed by atoms with E-state index in [4.69, 9.17) is 5.73 Å². The number of amides is 1. The molecule has 1 amide bonds. The Morgan fingerprint density at radius 2 is 2.29 bits per heavy atom. The van der Waals surface area contributed by atoms with E-state index in [1.165, 1.54) is 0 Å². The predicted octanol–water partition coefficient (Wildman–Crippen LogP) is -0.222. The number of hydrogen-bond acceptors (Lipinski definition) is 4. The van der Waals surface area contributed by atoms with Crippen LogP contribution in [0.4, 0.5) is 5.82 Å². The van der Waals surface area contributed by atoms with Crippen molar-refractivity contribution in [2.75, 3.05) is 32.9 Å². The van der Waals surface area contributed by atoms with Gasteiger partial charge in [-0.05, 0) is 20.5 Å². The van der Waals surface area contributed by atoms with Crippen molar-refractivity contribution in [3.05, 3.63) is 12.0 Å². The molecule has 0 bridgehead atoms. The van der Waals surface area contributed by atoms with Gasteiger partial charge < -0.3 is 20.1 Å². The second-order valence-electron chi connectivity index (χ2n) is 4.76. The van der Waals surface area contributed by atoms with Crippen LogP contribution >= 0.6 is 0 Å². The molecule has 0 spiro atoms. The van der Waals surface area contributed by atoms with Crippen LogP contribution in [0.25, 0.3) is 0 Å². The SMILES string of the molecule is CN(C)C1CCN(C(=O)c2nc(N)cn2C)C1. The smallest absolute Gasteiger partial charge is 0.289 e. The van der Waals surface area contributed by atoms with Crippen LogP contribution in [0.3, 0.4) is 0 Å². The molecule has 1 atom stereocenters. The quantitative estimate of drug-likeness (QED) is 0.772. The summed E-state index contributed by atoms with van der Waals surface area (Å²) in [6, 6.07) is 0.441. The monoisotopic (exact) mass is 237 g/mol. The van der Waals surface area contributed by atoms with Gasteiger partial charge in [0, 0.05) is 32.4 Å². The Morgan fingerprint density at radius 1 is 1.59 bits per heavy atom. The summed E-state index contributed by atoms with van der Waals surface area (Å²) < 4.78 is 1.68. The summed E-state index contributed by atoms with van der Waals surface area (Å²) in [7, 11) is 5.87. The van der Waals surface area contributed by atoms with Crippen LogP contribution in [0.5, 0.6) is 0 Å². The topological polar surface area (TPSA) is 67.4 Å². The van der Waals surface area contributed by atoms with Crippen molar-refractivity contribution in [3.8, 4) is 0 Å². The van der Waals surface area contributed by atoms with Crippen molar-refractivity contribution < 1.29 is 4.79 Å². The lowest BCUT2D eigenvalue weighted by Crippen LogP contribution is -2.35. The standard InChI is InChI=1S/C11H19N5O/c1-14(2)8-4-5-16(6-8)11(17)10-13-9(12)7-15(10)3/h7-8H,4-6,12H2,1-3H3. The lowest BCUT2D eigenvalue weighted by molar-refractivity contribution is 0.0767. The van der Waals surface area contributed by atoms with Crippen LogP contribution in [0.15, 0.2) is 6.20 Å². The van der Waals surface area contributed by atoms with Gasteiger partial charge in [-0.1, -0.05) is 0 Å². The fraction of sp³-hybridized carbons (Fsp3) is 0.636. The van der Waals surface area contributed by atoms with Crippen molar-refractivity contribution in [3.63, 3.8) is 0 Å². The second-order valence-corrected chi connectivity index (χ2v) is 4.76. The van der Waals surface area contributed by atoms with E-state index < -0.39 is 0 Å². The number of nitrogens with zero attached hydrogens (tertiary/aromatic N) is 4. The Bertz CT molecular complexity index is 425. The summed E-state index contributed by atoms with van der Waals surface area (Å²) in [4.78, 5) is 20.3. The summed E-state index contributed by atoms with van der Waals surface area (Å²) in [5.41, 5.74) is 5.58. The fourth-order valence-electron chi connectivity index (χ4n) is 2.18. The van der Waals surface area contributed by atoms with Gasteiger partial charge in [-0.15, -0.1) is 0 Å². The predicted molar refractivity (Wildman–Crippen MR) is 65.6 cm³/mol. The van der Waals surface area contributed by atoms with Crippen molar-refractivity contribution in [2.45, 2.75) is 12.5 Å².